The largest absolute Gasteiger partial charge is 0.446 e. The van der Waals surface area contributed by atoms with E-state index in [9.17, 15) is 9.59 Å². The van der Waals surface area contributed by atoms with E-state index in [4.69, 9.17) is 16.3 Å². The maximum atomic E-state index is 12.2. The molecule has 0 radical (unpaired) electrons. The van der Waals surface area contributed by atoms with Crippen molar-refractivity contribution in [2.45, 2.75) is 20.0 Å². The van der Waals surface area contributed by atoms with E-state index < -0.39 is 12.0 Å². The van der Waals surface area contributed by atoms with Crippen molar-refractivity contribution >= 4 is 34.6 Å². The fourth-order valence-corrected chi connectivity index (χ4v) is 1.95. The lowest BCUT2D eigenvalue weighted by Gasteiger charge is -2.11. The van der Waals surface area contributed by atoms with Gasteiger partial charge in [-0.05, 0) is 26.0 Å². The third-order valence-electron chi connectivity index (χ3n) is 2.66. The summed E-state index contributed by atoms with van der Waals surface area (Å²) in [6, 6.07) is 6.99. The maximum absolute atomic E-state index is 12.2. The summed E-state index contributed by atoms with van der Waals surface area (Å²) < 4.78 is 6.36. The average molecular weight is 310 g/mol. The zero-order chi connectivity index (χ0) is 15.4. The van der Waals surface area contributed by atoms with Crippen molar-refractivity contribution in [3.8, 4) is 0 Å². The van der Waals surface area contributed by atoms with Crippen molar-refractivity contribution in [3.05, 3.63) is 30.1 Å². The minimum absolute atomic E-state index is 0.00744. The van der Waals surface area contributed by atoms with Gasteiger partial charge in [-0.15, -0.1) is 11.6 Å². The number of alkyl halides is 1. The van der Waals surface area contributed by atoms with Crippen molar-refractivity contribution < 1.29 is 14.3 Å². The van der Waals surface area contributed by atoms with Gasteiger partial charge < -0.3 is 10.1 Å². The SMILES string of the molecule is CC(C)OC(=O)n1c(C(=O)NCCCl)nc2ccccc21. The van der Waals surface area contributed by atoms with Gasteiger partial charge in [0.25, 0.3) is 5.91 Å². The molecule has 1 heterocycles. The Labute approximate surface area is 127 Å². The number of carbonyl (C=O) groups excluding carboxylic acids is 2. The third kappa shape index (κ3) is 3.33. The molecule has 0 spiro atoms. The molecule has 0 saturated heterocycles. The summed E-state index contributed by atoms with van der Waals surface area (Å²) in [5.74, 6) is -0.192. The number of rotatable bonds is 4. The van der Waals surface area contributed by atoms with Gasteiger partial charge in [-0.25, -0.2) is 14.3 Å². The molecular weight excluding hydrogens is 294 g/mol. The van der Waals surface area contributed by atoms with Crippen LogP contribution in [0.15, 0.2) is 24.3 Å². The number of carbonyl (C=O) groups is 2. The van der Waals surface area contributed by atoms with E-state index in [2.05, 4.69) is 10.3 Å². The van der Waals surface area contributed by atoms with Crippen molar-refractivity contribution in [2.75, 3.05) is 12.4 Å². The predicted molar refractivity (Wildman–Crippen MR) is 79.8 cm³/mol. The first-order valence-electron chi connectivity index (χ1n) is 6.57. The van der Waals surface area contributed by atoms with Gasteiger partial charge in [-0.1, -0.05) is 12.1 Å². The topological polar surface area (TPSA) is 73.2 Å². The second-order valence-corrected chi connectivity index (χ2v) is 5.01. The van der Waals surface area contributed by atoms with Gasteiger partial charge in [0.1, 0.15) is 0 Å². The first kappa shape index (κ1) is 15.3. The lowest BCUT2D eigenvalue weighted by Crippen LogP contribution is -2.31. The molecule has 6 nitrogen and oxygen atoms in total. The number of nitrogens with one attached hydrogen (secondary N) is 1. The van der Waals surface area contributed by atoms with Crippen molar-refractivity contribution in [3.63, 3.8) is 0 Å². The predicted octanol–water partition coefficient (Wildman–Crippen LogP) is 2.40. The van der Waals surface area contributed by atoms with Crippen molar-refractivity contribution in [1.82, 2.24) is 14.9 Å². The molecule has 0 fully saturated rings. The number of hydrogen-bond acceptors (Lipinski definition) is 4. The summed E-state index contributed by atoms with van der Waals surface area (Å²) in [4.78, 5) is 28.5. The summed E-state index contributed by atoms with van der Waals surface area (Å²) >= 11 is 5.55. The summed E-state index contributed by atoms with van der Waals surface area (Å²) in [6.45, 7) is 3.78. The summed E-state index contributed by atoms with van der Waals surface area (Å²) in [6.07, 6.45) is -0.924. The second kappa shape index (κ2) is 6.58. The Balaban J connectivity index is 2.48. The van der Waals surface area contributed by atoms with Crippen LogP contribution in [0.25, 0.3) is 11.0 Å². The van der Waals surface area contributed by atoms with E-state index >= 15 is 0 Å². The summed E-state index contributed by atoms with van der Waals surface area (Å²) in [5, 5.41) is 2.60. The molecule has 0 unspecified atom stereocenters. The van der Waals surface area contributed by atoms with E-state index in [0.717, 1.165) is 0 Å². The number of fused-ring (bicyclic) bond motifs is 1. The molecule has 1 amide bonds. The number of imidazole rings is 1. The molecule has 1 aromatic carbocycles. The van der Waals surface area contributed by atoms with Crippen LogP contribution >= 0.6 is 11.6 Å². The summed E-state index contributed by atoms with van der Waals surface area (Å²) in [5.41, 5.74) is 1.08. The third-order valence-corrected chi connectivity index (χ3v) is 2.85. The van der Waals surface area contributed by atoms with Gasteiger partial charge in [0.2, 0.25) is 5.82 Å². The minimum atomic E-state index is -0.630. The van der Waals surface area contributed by atoms with E-state index in [-0.39, 0.29) is 17.8 Å². The Morgan fingerprint density at radius 3 is 2.76 bits per heavy atom. The molecule has 0 saturated carbocycles. The molecule has 112 valence electrons. The highest BCUT2D eigenvalue weighted by Crippen LogP contribution is 2.17. The maximum Gasteiger partial charge on any atom is 0.420 e. The van der Waals surface area contributed by atoms with Crippen LogP contribution < -0.4 is 5.32 Å². The van der Waals surface area contributed by atoms with Crippen LogP contribution in [-0.4, -0.2) is 40.1 Å². The van der Waals surface area contributed by atoms with Crippen LogP contribution in [0, 0.1) is 0 Å². The second-order valence-electron chi connectivity index (χ2n) is 4.64. The van der Waals surface area contributed by atoms with Gasteiger partial charge in [-0.3, -0.25) is 4.79 Å². The van der Waals surface area contributed by atoms with E-state index in [1.807, 2.05) is 0 Å². The molecular formula is C14H16ClN3O3. The quantitative estimate of drug-likeness (QED) is 0.880. The molecule has 0 atom stereocenters. The van der Waals surface area contributed by atoms with E-state index in [1.165, 1.54) is 4.57 Å². The highest BCUT2D eigenvalue weighted by molar-refractivity contribution is 6.18. The fraction of sp³-hybridized carbons (Fsp3) is 0.357. The van der Waals surface area contributed by atoms with Crippen LogP contribution in [0.1, 0.15) is 24.5 Å². The number of para-hydroxylation sites is 2. The standard InChI is InChI=1S/C14H16ClN3O3/c1-9(2)21-14(20)18-11-6-4-3-5-10(11)17-12(18)13(19)16-8-7-15/h3-6,9H,7-8H2,1-2H3,(H,16,19). The number of amides is 1. The highest BCUT2D eigenvalue weighted by atomic mass is 35.5. The molecule has 1 N–H and O–H groups in total. The monoisotopic (exact) mass is 309 g/mol. The zero-order valence-corrected chi connectivity index (χ0v) is 12.6. The van der Waals surface area contributed by atoms with Gasteiger partial charge in [0.15, 0.2) is 0 Å². The smallest absolute Gasteiger partial charge is 0.420 e. The lowest BCUT2D eigenvalue weighted by atomic mass is 10.3. The minimum Gasteiger partial charge on any atom is -0.446 e. The van der Waals surface area contributed by atoms with Gasteiger partial charge in [0, 0.05) is 12.4 Å². The molecule has 7 heteroatoms. The Morgan fingerprint density at radius 1 is 1.38 bits per heavy atom. The number of hydrogen-bond donors (Lipinski definition) is 1. The van der Waals surface area contributed by atoms with Gasteiger partial charge >= 0.3 is 6.09 Å². The normalized spacial score (nSPS) is 10.9. The number of aromatic nitrogens is 2. The molecule has 0 aliphatic rings. The molecule has 2 rings (SSSR count). The molecule has 0 aliphatic carbocycles. The highest BCUT2D eigenvalue weighted by Gasteiger charge is 2.23. The van der Waals surface area contributed by atoms with Crippen LogP contribution in [-0.2, 0) is 4.74 Å². The molecule has 0 bridgehead atoms. The van der Waals surface area contributed by atoms with Gasteiger partial charge in [-0.2, -0.15) is 0 Å². The molecule has 0 aliphatic heterocycles. The number of ether oxygens (including phenoxy) is 1. The van der Waals surface area contributed by atoms with Crippen LogP contribution in [0.4, 0.5) is 4.79 Å². The first-order valence-corrected chi connectivity index (χ1v) is 7.10. The number of benzene rings is 1. The van der Waals surface area contributed by atoms with Crippen LogP contribution in [0.2, 0.25) is 0 Å². The molecule has 1 aromatic heterocycles. The van der Waals surface area contributed by atoms with Gasteiger partial charge in [0.05, 0.1) is 17.1 Å². The first-order chi connectivity index (χ1) is 10.0. The Bertz CT molecular complexity index is 667. The number of halogens is 1. The Morgan fingerprint density at radius 2 is 2.10 bits per heavy atom. The van der Waals surface area contributed by atoms with E-state index in [1.54, 1.807) is 38.1 Å². The number of nitrogens with zero attached hydrogens (tertiary/aromatic N) is 2. The Hall–Kier alpha value is -2.08. The average Bonchev–Trinajstić information content (AvgIpc) is 2.83. The van der Waals surface area contributed by atoms with Crippen molar-refractivity contribution in [2.24, 2.45) is 0 Å². The van der Waals surface area contributed by atoms with Crippen LogP contribution in [0.3, 0.4) is 0 Å². The van der Waals surface area contributed by atoms with Crippen LogP contribution in [0.5, 0.6) is 0 Å². The molecule has 2 aromatic rings. The van der Waals surface area contributed by atoms with E-state index in [0.29, 0.717) is 17.6 Å². The fourth-order valence-electron chi connectivity index (χ4n) is 1.86. The summed E-state index contributed by atoms with van der Waals surface area (Å²) in [7, 11) is 0. The lowest BCUT2D eigenvalue weighted by molar-refractivity contribution is 0.0924. The zero-order valence-electron chi connectivity index (χ0n) is 11.8. The van der Waals surface area contributed by atoms with Crippen molar-refractivity contribution in [1.29, 1.82) is 0 Å². The Kier molecular flexibility index (Phi) is 4.80. The molecule has 21 heavy (non-hydrogen) atoms.